The Kier molecular flexibility index (Phi) is 7.83. The summed E-state index contributed by atoms with van der Waals surface area (Å²) < 4.78 is 43.8. The third-order valence-corrected chi connectivity index (χ3v) is 8.55. The van der Waals surface area contributed by atoms with Gasteiger partial charge in [0.05, 0.1) is 11.3 Å². The van der Waals surface area contributed by atoms with Crippen LogP contribution in [0.3, 0.4) is 0 Å². The standard InChI is InChI=1S/C29H31FN6O3S/c1-20-27(31-18-21-6-4-3-5-7-21)25(19-32-28(20)40(38,39)34-26-14-15-35(2)33-26)29(37)36-16-12-23(13-17-36)22-8-10-24(30)11-9-22/h3-11,14-15,19,23H,12-13,16-18H2,1-2H3,(H,31,32)(H,33,34). The third kappa shape index (κ3) is 5.99. The number of nitrogens with zero attached hydrogens (tertiary/aromatic N) is 4. The SMILES string of the molecule is Cc1c(S(=O)(=O)Nc2ccn(C)n2)ncc(C(=O)N2CCC(c3ccc(F)cc3)CC2)c1NCc1ccccc1. The number of hydrogen-bond donors (Lipinski definition) is 2. The molecule has 9 nitrogen and oxygen atoms in total. The van der Waals surface area contributed by atoms with Crippen molar-refractivity contribution >= 4 is 27.4 Å². The summed E-state index contributed by atoms with van der Waals surface area (Å²) in [6.45, 7) is 3.09. The van der Waals surface area contributed by atoms with Crippen LogP contribution in [0.25, 0.3) is 0 Å². The first-order valence-corrected chi connectivity index (χ1v) is 14.5. The van der Waals surface area contributed by atoms with Gasteiger partial charge in [-0.1, -0.05) is 42.5 Å². The van der Waals surface area contributed by atoms with Crippen LogP contribution in [0.4, 0.5) is 15.9 Å². The lowest BCUT2D eigenvalue weighted by Crippen LogP contribution is -2.38. The average molecular weight is 563 g/mol. The van der Waals surface area contributed by atoms with Crippen molar-refractivity contribution in [1.82, 2.24) is 19.7 Å². The number of aryl methyl sites for hydroxylation is 1. The summed E-state index contributed by atoms with van der Waals surface area (Å²) in [4.78, 5) is 19.8. The number of aromatic nitrogens is 3. The van der Waals surface area contributed by atoms with Gasteiger partial charge in [-0.05, 0) is 48.9 Å². The Labute approximate surface area is 233 Å². The summed E-state index contributed by atoms with van der Waals surface area (Å²) in [5.74, 6) is -0.0714. The predicted molar refractivity (Wildman–Crippen MR) is 151 cm³/mol. The van der Waals surface area contributed by atoms with Crippen molar-refractivity contribution in [1.29, 1.82) is 0 Å². The van der Waals surface area contributed by atoms with Crippen molar-refractivity contribution in [2.45, 2.75) is 37.3 Å². The van der Waals surface area contributed by atoms with Gasteiger partial charge in [0.15, 0.2) is 10.8 Å². The van der Waals surface area contributed by atoms with Gasteiger partial charge < -0.3 is 10.2 Å². The van der Waals surface area contributed by atoms with Crippen LogP contribution >= 0.6 is 0 Å². The van der Waals surface area contributed by atoms with Crippen LogP contribution in [0, 0.1) is 12.7 Å². The summed E-state index contributed by atoms with van der Waals surface area (Å²) >= 11 is 0. The van der Waals surface area contributed by atoms with Gasteiger partial charge in [0, 0.05) is 50.7 Å². The average Bonchev–Trinajstić information content (AvgIpc) is 3.36. The van der Waals surface area contributed by atoms with Gasteiger partial charge in [-0.15, -0.1) is 0 Å². The molecule has 1 amide bonds. The largest absolute Gasteiger partial charge is 0.380 e. The lowest BCUT2D eigenvalue weighted by molar-refractivity contribution is 0.0713. The summed E-state index contributed by atoms with van der Waals surface area (Å²) in [6.07, 6.45) is 4.46. The van der Waals surface area contributed by atoms with Gasteiger partial charge in [-0.3, -0.25) is 14.2 Å². The lowest BCUT2D eigenvalue weighted by atomic mass is 9.89. The molecule has 1 fully saturated rings. The Bertz CT molecular complexity index is 1600. The molecule has 1 aliphatic rings. The van der Waals surface area contributed by atoms with E-state index in [0.29, 0.717) is 36.4 Å². The second kappa shape index (κ2) is 11.5. The van der Waals surface area contributed by atoms with E-state index in [1.807, 2.05) is 30.3 Å². The number of likely N-dealkylation sites (tertiary alicyclic amines) is 1. The van der Waals surface area contributed by atoms with Gasteiger partial charge in [-0.2, -0.15) is 13.5 Å². The predicted octanol–water partition coefficient (Wildman–Crippen LogP) is 4.70. The molecular weight excluding hydrogens is 531 g/mol. The topological polar surface area (TPSA) is 109 Å². The minimum Gasteiger partial charge on any atom is -0.380 e. The maximum atomic E-state index is 13.7. The molecule has 1 saturated heterocycles. The first-order valence-electron chi connectivity index (χ1n) is 13.1. The van der Waals surface area contributed by atoms with E-state index in [1.54, 1.807) is 43.3 Å². The summed E-state index contributed by atoms with van der Waals surface area (Å²) in [5, 5.41) is 7.22. The monoisotopic (exact) mass is 562 g/mol. The molecule has 40 heavy (non-hydrogen) atoms. The number of nitrogens with one attached hydrogen (secondary N) is 2. The van der Waals surface area contributed by atoms with Crippen LogP contribution in [0.1, 0.15) is 45.8 Å². The number of carbonyl (C=O) groups is 1. The van der Waals surface area contributed by atoms with Gasteiger partial charge in [0.2, 0.25) is 0 Å². The molecule has 5 rings (SSSR count). The molecule has 2 N–H and O–H groups in total. The number of sulfonamides is 1. The number of halogens is 1. The van der Waals surface area contributed by atoms with Crippen molar-refractivity contribution in [3.8, 4) is 0 Å². The zero-order valence-electron chi connectivity index (χ0n) is 22.3. The van der Waals surface area contributed by atoms with Crippen molar-refractivity contribution in [2.75, 3.05) is 23.1 Å². The Morgan fingerprint density at radius 3 is 2.40 bits per heavy atom. The van der Waals surface area contributed by atoms with Crippen molar-refractivity contribution in [2.24, 2.45) is 7.05 Å². The minimum absolute atomic E-state index is 0.173. The zero-order valence-corrected chi connectivity index (χ0v) is 23.2. The first-order chi connectivity index (χ1) is 19.2. The summed E-state index contributed by atoms with van der Waals surface area (Å²) in [6, 6.07) is 17.7. The van der Waals surface area contributed by atoms with E-state index in [1.165, 1.54) is 23.0 Å². The second-order valence-electron chi connectivity index (χ2n) is 9.91. The first kappa shape index (κ1) is 27.3. The van der Waals surface area contributed by atoms with Crippen LogP contribution < -0.4 is 10.0 Å². The molecule has 0 atom stereocenters. The molecule has 2 aromatic heterocycles. The molecule has 2 aromatic carbocycles. The summed E-state index contributed by atoms with van der Waals surface area (Å²) in [7, 11) is -2.38. The van der Waals surface area contributed by atoms with Crippen molar-refractivity contribution in [3.63, 3.8) is 0 Å². The number of carbonyl (C=O) groups excluding carboxylic acids is 1. The zero-order chi connectivity index (χ0) is 28.3. The quantitative estimate of drug-likeness (QED) is 0.322. The molecule has 0 radical (unpaired) electrons. The van der Waals surface area contributed by atoms with E-state index in [4.69, 9.17) is 0 Å². The highest BCUT2D eigenvalue weighted by Gasteiger charge is 2.30. The van der Waals surface area contributed by atoms with Gasteiger partial charge in [0.1, 0.15) is 5.82 Å². The number of hydrogen-bond acceptors (Lipinski definition) is 6. The number of anilines is 2. The molecule has 0 spiro atoms. The van der Waals surface area contributed by atoms with E-state index >= 15 is 0 Å². The Balaban J connectivity index is 1.41. The molecule has 4 aromatic rings. The van der Waals surface area contributed by atoms with Crippen LogP contribution in [-0.4, -0.2) is 47.1 Å². The molecule has 0 aliphatic carbocycles. The molecule has 0 unspecified atom stereocenters. The van der Waals surface area contributed by atoms with Crippen LogP contribution in [-0.2, 0) is 23.6 Å². The maximum absolute atomic E-state index is 13.7. The fraction of sp³-hybridized carbons (Fsp3) is 0.276. The Morgan fingerprint density at radius 2 is 1.75 bits per heavy atom. The van der Waals surface area contributed by atoms with E-state index in [9.17, 15) is 17.6 Å². The molecule has 3 heterocycles. The van der Waals surface area contributed by atoms with Crippen LogP contribution in [0.2, 0.25) is 0 Å². The lowest BCUT2D eigenvalue weighted by Gasteiger charge is -2.33. The van der Waals surface area contributed by atoms with Gasteiger partial charge in [-0.25, -0.2) is 9.37 Å². The number of pyridine rings is 1. The van der Waals surface area contributed by atoms with E-state index in [2.05, 4.69) is 20.1 Å². The smallest absolute Gasteiger partial charge is 0.280 e. The van der Waals surface area contributed by atoms with Crippen molar-refractivity contribution in [3.05, 3.63) is 101 Å². The fourth-order valence-corrected chi connectivity index (χ4v) is 6.19. The molecule has 0 saturated carbocycles. The Morgan fingerprint density at radius 1 is 1.05 bits per heavy atom. The van der Waals surface area contributed by atoms with Crippen LogP contribution in [0.15, 0.2) is 78.1 Å². The van der Waals surface area contributed by atoms with Gasteiger partial charge >= 0.3 is 0 Å². The van der Waals surface area contributed by atoms with Crippen LogP contribution in [0.5, 0.6) is 0 Å². The highest BCUT2D eigenvalue weighted by Crippen LogP contribution is 2.32. The summed E-state index contributed by atoms with van der Waals surface area (Å²) in [5.41, 5.74) is 3.11. The molecule has 0 bridgehead atoms. The highest BCUT2D eigenvalue weighted by molar-refractivity contribution is 7.92. The fourth-order valence-electron chi connectivity index (χ4n) is 5.02. The number of amides is 1. The molecule has 1 aliphatic heterocycles. The normalized spacial score (nSPS) is 14.2. The number of rotatable bonds is 8. The molecule has 208 valence electrons. The van der Waals surface area contributed by atoms with Crippen molar-refractivity contribution < 1.29 is 17.6 Å². The second-order valence-corrected chi connectivity index (χ2v) is 11.5. The van der Waals surface area contributed by atoms with E-state index < -0.39 is 10.0 Å². The Hall–Kier alpha value is -4.25. The highest BCUT2D eigenvalue weighted by atomic mass is 32.2. The number of piperidine rings is 1. The van der Waals surface area contributed by atoms with E-state index in [0.717, 1.165) is 24.0 Å². The maximum Gasteiger partial charge on any atom is 0.280 e. The van der Waals surface area contributed by atoms with E-state index in [-0.39, 0.29) is 28.5 Å². The molecular formula is C29H31FN6O3S. The van der Waals surface area contributed by atoms with Gasteiger partial charge in [0.25, 0.3) is 15.9 Å². The third-order valence-electron chi connectivity index (χ3n) is 7.15. The minimum atomic E-state index is -4.07. The number of benzene rings is 2. The molecule has 11 heteroatoms.